The Bertz CT molecular complexity index is 441. The summed E-state index contributed by atoms with van der Waals surface area (Å²) in [5, 5.41) is 3.07. The van der Waals surface area contributed by atoms with Crippen LogP contribution < -0.4 is 5.32 Å². The molecule has 2 rings (SSSR count). The number of hydrogen-bond acceptors (Lipinski definition) is 3. The lowest BCUT2D eigenvalue weighted by Crippen LogP contribution is -2.52. The van der Waals surface area contributed by atoms with Gasteiger partial charge in [0.15, 0.2) is 0 Å². The monoisotopic (exact) mass is 248 g/mol. The second-order valence-corrected chi connectivity index (χ2v) is 5.25. The van der Waals surface area contributed by atoms with Crippen LogP contribution in [0.1, 0.15) is 37.6 Å². The highest BCUT2D eigenvalue weighted by Gasteiger charge is 2.41. The summed E-state index contributed by atoms with van der Waals surface area (Å²) in [4.78, 5) is 16.5. The van der Waals surface area contributed by atoms with Crippen LogP contribution in [0.25, 0.3) is 0 Å². The predicted molar refractivity (Wildman–Crippen MR) is 69.1 cm³/mol. The van der Waals surface area contributed by atoms with Crippen molar-refractivity contribution >= 4 is 5.91 Å². The fourth-order valence-corrected chi connectivity index (χ4v) is 2.01. The van der Waals surface area contributed by atoms with Gasteiger partial charge in [0, 0.05) is 6.20 Å². The number of nitrogens with one attached hydrogen (secondary N) is 1. The Morgan fingerprint density at radius 3 is 2.83 bits per heavy atom. The molecule has 1 N–H and O–H groups in total. The highest BCUT2D eigenvalue weighted by atomic mass is 16.5. The second kappa shape index (κ2) is 5.06. The number of carbonyl (C=O) groups is 1. The van der Waals surface area contributed by atoms with E-state index in [1.807, 2.05) is 26.0 Å². The Balaban J connectivity index is 2.07. The van der Waals surface area contributed by atoms with Crippen molar-refractivity contribution in [1.29, 1.82) is 0 Å². The number of hydrogen-bond donors (Lipinski definition) is 1. The standard InChI is InChI=1S/C14H20N2O2/c1-4-11(12-7-10(2)5-6-15-12)16-13(17)14(3)8-18-9-14/h5-7,11H,4,8-9H2,1-3H3,(H,16,17)/t11-/m0/s1. The summed E-state index contributed by atoms with van der Waals surface area (Å²) in [5.74, 6) is 0.0592. The molecule has 1 saturated heterocycles. The van der Waals surface area contributed by atoms with E-state index in [4.69, 9.17) is 4.74 Å². The van der Waals surface area contributed by atoms with Gasteiger partial charge < -0.3 is 10.1 Å². The van der Waals surface area contributed by atoms with E-state index in [0.717, 1.165) is 17.7 Å². The Morgan fingerprint density at radius 1 is 1.61 bits per heavy atom. The predicted octanol–water partition coefficient (Wildman–Crippen LogP) is 1.99. The molecule has 1 aromatic heterocycles. The van der Waals surface area contributed by atoms with Crippen LogP contribution in [0.2, 0.25) is 0 Å². The minimum atomic E-state index is -0.364. The minimum absolute atomic E-state index is 0.0187. The van der Waals surface area contributed by atoms with E-state index in [0.29, 0.717) is 13.2 Å². The van der Waals surface area contributed by atoms with Gasteiger partial charge in [0.2, 0.25) is 5.91 Å². The maximum absolute atomic E-state index is 12.2. The van der Waals surface area contributed by atoms with Crippen molar-refractivity contribution in [2.45, 2.75) is 33.2 Å². The highest BCUT2D eigenvalue weighted by Crippen LogP contribution is 2.28. The van der Waals surface area contributed by atoms with E-state index in [1.54, 1.807) is 6.20 Å². The zero-order valence-electron chi connectivity index (χ0n) is 11.2. The lowest BCUT2D eigenvalue weighted by Gasteiger charge is -2.37. The van der Waals surface area contributed by atoms with Gasteiger partial charge in [0.25, 0.3) is 0 Å². The van der Waals surface area contributed by atoms with E-state index < -0.39 is 0 Å². The van der Waals surface area contributed by atoms with Gasteiger partial charge in [-0.25, -0.2) is 0 Å². The van der Waals surface area contributed by atoms with Crippen molar-refractivity contribution in [3.05, 3.63) is 29.6 Å². The zero-order valence-corrected chi connectivity index (χ0v) is 11.2. The van der Waals surface area contributed by atoms with Crippen molar-refractivity contribution < 1.29 is 9.53 Å². The van der Waals surface area contributed by atoms with Crippen LogP contribution in [0, 0.1) is 12.3 Å². The summed E-state index contributed by atoms with van der Waals surface area (Å²) < 4.78 is 5.12. The fourth-order valence-electron chi connectivity index (χ4n) is 2.01. The van der Waals surface area contributed by atoms with Crippen molar-refractivity contribution in [3.8, 4) is 0 Å². The maximum Gasteiger partial charge on any atom is 0.231 e. The topological polar surface area (TPSA) is 51.2 Å². The Labute approximate surface area is 108 Å². The molecular weight excluding hydrogens is 228 g/mol. The van der Waals surface area contributed by atoms with Gasteiger partial charge >= 0.3 is 0 Å². The number of ether oxygens (including phenoxy) is 1. The summed E-state index contributed by atoms with van der Waals surface area (Å²) >= 11 is 0. The summed E-state index contributed by atoms with van der Waals surface area (Å²) in [6.07, 6.45) is 2.62. The summed E-state index contributed by atoms with van der Waals surface area (Å²) in [7, 11) is 0. The molecule has 0 aromatic carbocycles. The molecule has 0 bridgehead atoms. The van der Waals surface area contributed by atoms with Crippen LogP contribution in [0.15, 0.2) is 18.3 Å². The molecule has 0 saturated carbocycles. The largest absolute Gasteiger partial charge is 0.379 e. The number of amides is 1. The lowest BCUT2D eigenvalue weighted by atomic mass is 9.87. The normalized spacial score (nSPS) is 18.8. The molecule has 0 unspecified atom stereocenters. The molecule has 0 aliphatic carbocycles. The molecule has 1 amide bonds. The third kappa shape index (κ3) is 2.53. The van der Waals surface area contributed by atoms with E-state index in [9.17, 15) is 4.79 Å². The average Bonchev–Trinajstić information content (AvgIpc) is 2.32. The smallest absolute Gasteiger partial charge is 0.231 e. The lowest BCUT2D eigenvalue weighted by molar-refractivity contribution is -0.158. The zero-order chi connectivity index (χ0) is 13.2. The molecule has 1 fully saturated rings. The van der Waals surface area contributed by atoms with Crippen LogP contribution in [-0.4, -0.2) is 24.1 Å². The molecular formula is C14H20N2O2. The van der Waals surface area contributed by atoms with Gasteiger partial charge in [0.05, 0.1) is 30.4 Å². The number of rotatable bonds is 4. The quantitative estimate of drug-likeness (QED) is 0.886. The van der Waals surface area contributed by atoms with Gasteiger partial charge in [-0.1, -0.05) is 6.92 Å². The fraction of sp³-hybridized carbons (Fsp3) is 0.571. The van der Waals surface area contributed by atoms with E-state index in [-0.39, 0.29) is 17.4 Å². The second-order valence-electron chi connectivity index (χ2n) is 5.25. The van der Waals surface area contributed by atoms with E-state index >= 15 is 0 Å². The van der Waals surface area contributed by atoms with Crippen molar-refractivity contribution in [3.63, 3.8) is 0 Å². The van der Waals surface area contributed by atoms with Gasteiger partial charge in [-0.05, 0) is 38.0 Å². The van der Waals surface area contributed by atoms with Crippen molar-refractivity contribution in [1.82, 2.24) is 10.3 Å². The van der Waals surface area contributed by atoms with Crippen LogP contribution in [0.5, 0.6) is 0 Å². The van der Waals surface area contributed by atoms with Crippen LogP contribution >= 0.6 is 0 Å². The van der Waals surface area contributed by atoms with Crippen LogP contribution in [0.3, 0.4) is 0 Å². The molecule has 0 radical (unpaired) electrons. The molecule has 18 heavy (non-hydrogen) atoms. The first kappa shape index (κ1) is 13.0. The third-order valence-electron chi connectivity index (χ3n) is 3.40. The summed E-state index contributed by atoms with van der Waals surface area (Å²) in [5.41, 5.74) is 1.72. The number of pyridine rings is 1. The van der Waals surface area contributed by atoms with Crippen LogP contribution in [-0.2, 0) is 9.53 Å². The first-order valence-corrected chi connectivity index (χ1v) is 6.36. The van der Waals surface area contributed by atoms with Crippen molar-refractivity contribution in [2.75, 3.05) is 13.2 Å². The number of carbonyl (C=O) groups excluding carboxylic acids is 1. The summed E-state index contributed by atoms with van der Waals surface area (Å²) in [6, 6.07) is 3.96. The Morgan fingerprint density at radius 2 is 2.33 bits per heavy atom. The molecule has 1 atom stereocenters. The third-order valence-corrected chi connectivity index (χ3v) is 3.40. The Kier molecular flexibility index (Phi) is 3.66. The van der Waals surface area contributed by atoms with E-state index in [1.165, 1.54) is 0 Å². The maximum atomic E-state index is 12.2. The molecule has 4 heteroatoms. The molecule has 2 heterocycles. The molecule has 98 valence electrons. The minimum Gasteiger partial charge on any atom is -0.379 e. The van der Waals surface area contributed by atoms with Gasteiger partial charge in [-0.3, -0.25) is 9.78 Å². The van der Waals surface area contributed by atoms with Crippen LogP contribution in [0.4, 0.5) is 0 Å². The Hall–Kier alpha value is -1.42. The van der Waals surface area contributed by atoms with Gasteiger partial charge in [-0.15, -0.1) is 0 Å². The van der Waals surface area contributed by atoms with Crippen molar-refractivity contribution in [2.24, 2.45) is 5.41 Å². The molecule has 4 nitrogen and oxygen atoms in total. The van der Waals surface area contributed by atoms with Gasteiger partial charge in [-0.2, -0.15) is 0 Å². The first-order valence-electron chi connectivity index (χ1n) is 6.36. The van der Waals surface area contributed by atoms with E-state index in [2.05, 4.69) is 17.2 Å². The average molecular weight is 248 g/mol. The first-order chi connectivity index (χ1) is 8.55. The van der Waals surface area contributed by atoms with Gasteiger partial charge in [0.1, 0.15) is 0 Å². The molecule has 1 aliphatic rings. The molecule has 1 aromatic rings. The number of nitrogens with zero attached hydrogens (tertiary/aromatic N) is 1. The summed E-state index contributed by atoms with van der Waals surface area (Å²) in [6.45, 7) is 7.03. The SMILES string of the molecule is CC[C@H](NC(=O)C1(C)COC1)c1cc(C)ccn1. The number of aromatic nitrogens is 1. The highest BCUT2D eigenvalue weighted by molar-refractivity contribution is 5.83. The molecule has 0 spiro atoms. The molecule has 1 aliphatic heterocycles. The number of aryl methyl sites for hydroxylation is 1.